The van der Waals surface area contributed by atoms with Crippen LogP contribution in [0.3, 0.4) is 0 Å². The zero-order valence-corrected chi connectivity index (χ0v) is 9.70. The molecule has 0 amide bonds. The van der Waals surface area contributed by atoms with Crippen LogP contribution in [0.5, 0.6) is 0 Å². The van der Waals surface area contributed by atoms with Crippen LogP contribution < -0.4 is 0 Å². The Kier molecular flexibility index (Phi) is 3.58. The second-order valence-electron chi connectivity index (χ2n) is 3.85. The first-order valence-electron chi connectivity index (χ1n) is 5.40. The fourth-order valence-corrected chi connectivity index (χ4v) is 1.84. The van der Waals surface area contributed by atoms with E-state index in [4.69, 9.17) is 11.6 Å². The third kappa shape index (κ3) is 2.83. The molecule has 1 aromatic rings. The van der Waals surface area contributed by atoms with Crippen molar-refractivity contribution in [2.24, 2.45) is 0 Å². The third-order valence-electron chi connectivity index (χ3n) is 2.65. The summed E-state index contributed by atoms with van der Waals surface area (Å²) in [5, 5.41) is 0.733. The first-order valence-corrected chi connectivity index (χ1v) is 5.78. The molecule has 0 saturated carbocycles. The van der Waals surface area contributed by atoms with Gasteiger partial charge in [-0.05, 0) is 30.5 Å². The summed E-state index contributed by atoms with van der Waals surface area (Å²) >= 11 is 5.79. The van der Waals surface area contributed by atoms with E-state index in [-0.39, 0.29) is 5.78 Å². The Morgan fingerprint density at radius 2 is 2.00 bits per heavy atom. The van der Waals surface area contributed by atoms with Gasteiger partial charge in [-0.25, -0.2) is 0 Å². The van der Waals surface area contributed by atoms with E-state index in [1.54, 1.807) is 0 Å². The van der Waals surface area contributed by atoms with Gasteiger partial charge in [0.2, 0.25) is 0 Å². The Hall–Kier alpha value is -1.34. The molecule has 0 heterocycles. The number of allylic oxidation sites excluding steroid dienone is 4. The van der Waals surface area contributed by atoms with Gasteiger partial charge in [0, 0.05) is 17.0 Å². The number of benzene rings is 1. The highest BCUT2D eigenvalue weighted by atomic mass is 35.5. The van der Waals surface area contributed by atoms with E-state index in [2.05, 4.69) is 0 Å². The van der Waals surface area contributed by atoms with E-state index in [0.717, 1.165) is 29.0 Å². The molecule has 0 aromatic heterocycles. The van der Waals surface area contributed by atoms with Crippen molar-refractivity contribution in [3.63, 3.8) is 0 Å². The highest BCUT2D eigenvalue weighted by Gasteiger charge is 2.08. The van der Waals surface area contributed by atoms with Crippen LogP contribution in [0.2, 0.25) is 5.02 Å². The van der Waals surface area contributed by atoms with Crippen molar-refractivity contribution in [2.45, 2.75) is 19.3 Å². The van der Waals surface area contributed by atoms with Crippen molar-refractivity contribution >= 4 is 17.4 Å². The van der Waals surface area contributed by atoms with Crippen molar-refractivity contribution in [3.8, 4) is 0 Å². The fraction of sp³-hybridized carbons (Fsp3) is 0.214. The lowest BCUT2D eigenvalue weighted by molar-refractivity contribution is -0.115. The number of carbonyl (C=O) groups excluding carboxylic acids is 1. The molecule has 0 atom stereocenters. The molecule has 0 aliphatic heterocycles. The molecule has 1 aromatic carbocycles. The largest absolute Gasteiger partial charge is 0.294 e. The first-order chi connectivity index (χ1) is 7.75. The van der Waals surface area contributed by atoms with E-state index in [1.165, 1.54) is 0 Å². The molecule has 0 bridgehead atoms. The summed E-state index contributed by atoms with van der Waals surface area (Å²) in [5.41, 5.74) is 2.01. The average Bonchev–Trinajstić information content (AvgIpc) is 2.81. The van der Waals surface area contributed by atoms with Crippen molar-refractivity contribution in [2.75, 3.05) is 0 Å². The van der Waals surface area contributed by atoms with Crippen molar-refractivity contribution < 1.29 is 4.79 Å². The van der Waals surface area contributed by atoms with Crippen molar-refractivity contribution in [1.82, 2.24) is 0 Å². The molecule has 1 aliphatic carbocycles. The van der Waals surface area contributed by atoms with Gasteiger partial charge >= 0.3 is 0 Å². The van der Waals surface area contributed by atoms with E-state index in [9.17, 15) is 4.79 Å². The molecule has 1 aliphatic rings. The van der Waals surface area contributed by atoms with Crippen LogP contribution in [0, 0.1) is 0 Å². The standard InChI is InChI=1S/C14H13ClO/c15-13-8-5-11(6-9-13)7-10-14(16)12-3-1-2-4-12/h1,3-6,8-9H,2,7,10H2. The number of hydrogen-bond acceptors (Lipinski definition) is 1. The van der Waals surface area contributed by atoms with Gasteiger partial charge in [0.15, 0.2) is 5.78 Å². The second kappa shape index (κ2) is 5.13. The smallest absolute Gasteiger partial charge is 0.162 e. The van der Waals surface area contributed by atoms with E-state index in [0.29, 0.717) is 6.42 Å². The molecule has 16 heavy (non-hydrogen) atoms. The van der Waals surface area contributed by atoms with Crippen molar-refractivity contribution in [1.29, 1.82) is 0 Å². The van der Waals surface area contributed by atoms with Gasteiger partial charge in [0.05, 0.1) is 0 Å². The lowest BCUT2D eigenvalue weighted by Crippen LogP contribution is -2.01. The van der Waals surface area contributed by atoms with E-state index in [1.807, 2.05) is 42.5 Å². The number of ketones is 1. The predicted octanol–water partition coefficient (Wildman–Crippen LogP) is 3.73. The normalized spacial score (nSPS) is 13.9. The number of aryl methyl sites for hydroxylation is 1. The molecule has 0 N–H and O–H groups in total. The lowest BCUT2D eigenvalue weighted by Gasteiger charge is -2.01. The molecule has 0 radical (unpaired) electrons. The molecular weight excluding hydrogens is 220 g/mol. The fourth-order valence-electron chi connectivity index (χ4n) is 1.72. The predicted molar refractivity (Wildman–Crippen MR) is 66.6 cm³/mol. The van der Waals surface area contributed by atoms with Crippen LogP contribution in [0.4, 0.5) is 0 Å². The van der Waals surface area contributed by atoms with Gasteiger partial charge in [0.1, 0.15) is 0 Å². The molecule has 0 saturated heterocycles. The molecular formula is C14H13ClO. The zero-order valence-electron chi connectivity index (χ0n) is 8.95. The summed E-state index contributed by atoms with van der Waals surface area (Å²) in [6.07, 6.45) is 8.13. The highest BCUT2D eigenvalue weighted by molar-refractivity contribution is 6.30. The van der Waals surface area contributed by atoms with Gasteiger partial charge in [0.25, 0.3) is 0 Å². The molecule has 0 spiro atoms. The molecule has 2 heteroatoms. The van der Waals surface area contributed by atoms with Crippen LogP contribution >= 0.6 is 11.6 Å². The quantitative estimate of drug-likeness (QED) is 0.773. The maximum Gasteiger partial charge on any atom is 0.162 e. The summed E-state index contributed by atoms with van der Waals surface area (Å²) in [4.78, 5) is 11.7. The number of rotatable bonds is 4. The van der Waals surface area contributed by atoms with Crippen molar-refractivity contribution in [3.05, 3.63) is 58.7 Å². The maximum absolute atomic E-state index is 11.7. The summed E-state index contributed by atoms with van der Waals surface area (Å²) in [6.45, 7) is 0. The number of halogens is 1. The number of hydrogen-bond donors (Lipinski definition) is 0. The van der Waals surface area contributed by atoms with E-state index >= 15 is 0 Å². The van der Waals surface area contributed by atoms with Gasteiger partial charge in [-0.1, -0.05) is 42.0 Å². The summed E-state index contributed by atoms with van der Waals surface area (Å²) < 4.78 is 0. The van der Waals surface area contributed by atoms with Crippen LogP contribution in [-0.4, -0.2) is 5.78 Å². The third-order valence-corrected chi connectivity index (χ3v) is 2.90. The SMILES string of the molecule is O=C(CCc1ccc(Cl)cc1)C1=CCC=C1. The monoisotopic (exact) mass is 232 g/mol. The van der Waals surface area contributed by atoms with Crippen LogP contribution in [0.1, 0.15) is 18.4 Å². The first kappa shape index (κ1) is 11.2. The molecule has 82 valence electrons. The molecule has 2 rings (SSSR count). The van der Waals surface area contributed by atoms with Gasteiger partial charge in [-0.15, -0.1) is 0 Å². The Morgan fingerprint density at radius 3 is 2.62 bits per heavy atom. The summed E-state index contributed by atoms with van der Waals surface area (Å²) in [6, 6.07) is 7.65. The number of Topliss-reactive ketones (excluding diaryl/α,β-unsaturated/α-hetero) is 1. The Morgan fingerprint density at radius 1 is 1.25 bits per heavy atom. The van der Waals surface area contributed by atoms with Gasteiger partial charge in [-0.2, -0.15) is 0 Å². The van der Waals surface area contributed by atoms with Crippen LogP contribution in [-0.2, 0) is 11.2 Å². The average molecular weight is 233 g/mol. The number of carbonyl (C=O) groups is 1. The van der Waals surface area contributed by atoms with Crippen LogP contribution in [0.25, 0.3) is 0 Å². The van der Waals surface area contributed by atoms with Gasteiger partial charge in [-0.3, -0.25) is 4.79 Å². The van der Waals surface area contributed by atoms with Gasteiger partial charge < -0.3 is 0 Å². The minimum atomic E-state index is 0.226. The zero-order chi connectivity index (χ0) is 11.4. The molecule has 0 unspecified atom stereocenters. The second-order valence-corrected chi connectivity index (χ2v) is 4.28. The Labute approximate surface area is 100 Å². The topological polar surface area (TPSA) is 17.1 Å². The lowest BCUT2D eigenvalue weighted by atomic mass is 10.0. The molecule has 1 nitrogen and oxygen atoms in total. The Balaban J connectivity index is 1.90. The minimum Gasteiger partial charge on any atom is -0.294 e. The molecule has 0 fully saturated rings. The Bertz CT molecular complexity index is 440. The summed E-state index contributed by atoms with van der Waals surface area (Å²) in [7, 11) is 0. The highest BCUT2D eigenvalue weighted by Crippen LogP contribution is 2.15. The van der Waals surface area contributed by atoms with Crippen LogP contribution in [0.15, 0.2) is 48.1 Å². The minimum absolute atomic E-state index is 0.226. The summed E-state index contributed by atoms with van der Waals surface area (Å²) in [5.74, 6) is 0.226. The van der Waals surface area contributed by atoms with E-state index < -0.39 is 0 Å². The maximum atomic E-state index is 11.7.